The Morgan fingerprint density at radius 2 is 1.30 bits per heavy atom. The molecule has 2 aliphatic rings. The maximum atomic E-state index is 13.2. The molecular formula is C32H38F9N3O9. The summed E-state index contributed by atoms with van der Waals surface area (Å²) in [7, 11) is 1.69. The molecule has 0 spiro atoms. The minimum Gasteiger partial charge on any atom is -0.497 e. The lowest BCUT2D eigenvalue weighted by molar-refractivity contribution is -0.193. The number of aryl methyl sites for hydroxylation is 1. The summed E-state index contributed by atoms with van der Waals surface area (Å²) in [6.45, 7) is 9.58. The summed E-state index contributed by atoms with van der Waals surface area (Å²) in [5.41, 5.74) is 2.94. The minimum atomic E-state index is -5.08. The fraction of sp³-hybridized carbons (Fsp3) is 0.531. The SMILES string of the molecule is CCOC(=O)[C@]12CCCN(Cc3ccc(OC)cc3)C[C@H]1CN(Cc1cccc(C)n1)C2.O=C(O)C(F)(F)F.O=C(O)C(F)(F)F.O=C(O)C(F)(F)F. The summed E-state index contributed by atoms with van der Waals surface area (Å²) in [6.07, 6.45) is -13.4. The third-order valence-corrected chi connectivity index (χ3v) is 7.65. The number of carboxylic acids is 3. The van der Waals surface area contributed by atoms with Gasteiger partial charge in [-0.2, -0.15) is 39.5 Å². The van der Waals surface area contributed by atoms with Gasteiger partial charge in [0.1, 0.15) is 5.75 Å². The number of carbonyl (C=O) groups is 4. The molecule has 2 saturated heterocycles. The van der Waals surface area contributed by atoms with E-state index in [0.717, 1.165) is 69.2 Å². The van der Waals surface area contributed by atoms with E-state index in [4.69, 9.17) is 39.2 Å². The number of rotatable bonds is 7. The Bertz CT molecular complexity index is 1450. The van der Waals surface area contributed by atoms with E-state index in [1.807, 2.05) is 32.0 Å². The van der Waals surface area contributed by atoms with Crippen molar-refractivity contribution in [3.63, 3.8) is 0 Å². The number of pyridine rings is 1. The van der Waals surface area contributed by atoms with Crippen LogP contribution in [-0.2, 0) is 37.0 Å². The predicted octanol–water partition coefficient (Wildman–Crippen LogP) is 5.58. The fourth-order valence-electron chi connectivity index (χ4n) is 5.39. The van der Waals surface area contributed by atoms with Crippen LogP contribution >= 0.6 is 0 Å². The first-order chi connectivity index (χ1) is 24.3. The average Bonchev–Trinajstić information content (AvgIpc) is 3.28. The molecule has 0 unspecified atom stereocenters. The van der Waals surface area contributed by atoms with E-state index < -0.39 is 41.9 Å². The second kappa shape index (κ2) is 20.0. The molecule has 3 N–H and O–H groups in total. The number of carboxylic acid groups (broad SMARTS) is 3. The summed E-state index contributed by atoms with van der Waals surface area (Å²) >= 11 is 0. The molecule has 1 aromatic heterocycles. The smallest absolute Gasteiger partial charge is 0.490 e. The summed E-state index contributed by atoms with van der Waals surface area (Å²) in [5.74, 6) is -7.15. The second-order valence-electron chi connectivity index (χ2n) is 11.6. The third-order valence-electron chi connectivity index (χ3n) is 7.65. The molecule has 0 saturated carbocycles. The molecule has 21 heteroatoms. The molecule has 1 aromatic carbocycles. The Morgan fingerprint density at radius 3 is 1.74 bits per heavy atom. The first-order valence-electron chi connectivity index (χ1n) is 15.4. The zero-order valence-electron chi connectivity index (χ0n) is 28.5. The topological polar surface area (TPSA) is 167 Å². The Labute approximate surface area is 297 Å². The Hall–Kier alpha value is -4.66. The van der Waals surface area contributed by atoms with Crippen molar-refractivity contribution in [2.75, 3.05) is 39.9 Å². The number of aliphatic carboxylic acids is 3. The maximum absolute atomic E-state index is 13.2. The lowest BCUT2D eigenvalue weighted by Gasteiger charge is -2.31. The summed E-state index contributed by atoms with van der Waals surface area (Å²) in [4.78, 5) is 49.5. The van der Waals surface area contributed by atoms with Crippen LogP contribution < -0.4 is 4.74 Å². The molecule has 2 fully saturated rings. The van der Waals surface area contributed by atoms with E-state index in [1.54, 1.807) is 7.11 Å². The second-order valence-corrected chi connectivity index (χ2v) is 11.6. The number of carbonyl (C=O) groups excluding carboxylic acids is 1. The van der Waals surface area contributed by atoms with Crippen LogP contribution in [-0.4, -0.2) is 112 Å². The van der Waals surface area contributed by atoms with Gasteiger partial charge in [-0.15, -0.1) is 0 Å². The number of methoxy groups -OCH3 is 1. The van der Waals surface area contributed by atoms with Gasteiger partial charge in [0.25, 0.3) is 0 Å². The number of esters is 1. The molecule has 298 valence electrons. The van der Waals surface area contributed by atoms with E-state index in [-0.39, 0.29) is 11.9 Å². The average molecular weight is 780 g/mol. The fourth-order valence-corrected chi connectivity index (χ4v) is 5.39. The van der Waals surface area contributed by atoms with Crippen LogP contribution in [0.2, 0.25) is 0 Å². The number of halogens is 9. The van der Waals surface area contributed by atoms with Gasteiger partial charge in [-0.3, -0.25) is 19.6 Å². The van der Waals surface area contributed by atoms with Gasteiger partial charge in [-0.05, 0) is 63.1 Å². The molecule has 0 radical (unpaired) electrons. The maximum Gasteiger partial charge on any atom is 0.490 e. The molecule has 4 rings (SSSR count). The number of fused-ring (bicyclic) bond motifs is 1. The number of hydrogen-bond acceptors (Lipinski definition) is 9. The third kappa shape index (κ3) is 15.9. The largest absolute Gasteiger partial charge is 0.497 e. The first-order valence-corrected chi connectivity index (χ1v) is 15.4. The number of alkyl halides is 9. The van der Waals surface area contributed by atoms with Crippen LogP contribution in [0.15, 0.2) is 42.5 Å². The van der Waals surface area contributed by atoms with Crippen LogP contribution in [0.5, 0.6) is 5.75 Å². The van der Waals surface area contributed by atoms with Crippen molar-refractivity contribution >= 4 is 23.9 Å². The number of nitrogens with zero attached hydrogens (tertiary/aromatic N) is 3. The van der Waals surface area contributed by atoms with E-state index >= 15 is 0 Å². The zero-order valence-corrected chi connectivity index (χ0v) is 28.5. The Morgan fingerprint density at radius 1 is 0.811 bits per heavy atom. The van der Waals surface area contributed by atoms with E-state index in [0.29, 0.717) is 6.61 Å². The minimum absolute atomic E-state index is 0.0176. The number of likely N-dealkylation sites (tertiary alicyclic amines) is 2. The summed E-state index contributed by atoms with van der Waals surface area (Å²) in [6, 6.07) is 14.5. The molecule has 2 aliphatic heterocycles. The van der Waals surface area contributed by atoms with Gasteiger partial charge in [0.05, 0.1) is 24.8 Å². The quantitative estimate of drug-likeness (QED) is 0.237. The number of ether oxygens (including phenoxy) is 2. The Kier molecular flexibility index (Phi) is 17.5. The molecular weight excluding hydrogens is 741 g/mol. The summed E-state index contributed by atoms with van der Waals surface area (Å²) < 4.78 is 106. The van der Waals surface area contributed by atoms with E-state index in [1.165, 1.54) is 5.56 Å². The molecule has 0 amide bonds. The number of benzene rings is 1. The highest BCUT2D eigenvalue weighted by atomic mass is 19.4. The number of aromatic nitrogens is 1. The monoisotopic (exact) mass is 779 g/mol. The zero-order chi connectivity index (χ0) is 40.8. The van der Waals surface area contributed by atoms with Crippen LogP contribution in [0.1, 0.15) is 36.7 Å². The highest BCUT2D eigenvalue weighted by molar-refractivity contribution is 5.78. The number of hydrogen-bond donors (Lipinski definition) is 3. The molecule has 0 bridgehead atoms. The molecule has 12 nitrogen and oxygen atoms in total. The van der Waals surface area contributed by atoms with E-state index in [9.17, 15) is 44.3 Å². The highest BCUT2D eigenvalue weighted by Crippen LogP contribution is 2.44. The van der Waals surface area contributed by atoms with Crippen molar-refractivity contribution < 1.29 is 83.5 Å². The predicted molar refractivity (Wildman–Crippen MR) is 165 cm³/mol. The van der Waals surface area contributed by atoms with Gasteiger partial charge in [0, 0.05) is 44.3 Å². The van der Waals surface area contributed by atoms with Crippen LogP contribution in [0, 0.1) is 18.3 Å². The van der Waals surface area contributed by atoms with Crippen LogP contribution in [0.3, 0.4) is 0 Å². The van der Waals surface area contributed by atoms with Crippen molar-refractivity contribution in [1.82, 2.24) is 14.8 Å². The highest BCUT2D eigenvalue weighted by Gasteiger charge is 2.54. The van der Waals surface area contributed by atoms with Crippen molar-refractivity contribution in [2.45, 2.75) is 58.3 Å². The van der Waals surface area contributed by atoms with Crippen LogP contribution in [0.4, 0.5) is 39.5 Å². The molecule has 53 heavy (non-hydrogen) atoms. The standard InChI is InChI=1S/C26H35N3O3.3C2HF3O2/c1-4-32-25(30)26-13-6-14-28(15-21-9-11-24(31-3)12-10-21)16-22(26)17-29(19-26)18-23-8-5-7-20(2)27-23;3*3-2(4,5)1(6)7/h5,7-12,22H,4,6,13-19H2,1-3H3;3*(H,6,7)/t22-,26-;;;/m0.../s1. The van der Waals surface area contributed by atoms with Gasteiger partial charge in [0.2, 0.25) is 0 Å². The van der Waals surface area contributed by atoms with Crippen molar-refractivity contribution in [3.8, 4) is 5.75 Å². The van der Waals surface area contributed by atoms with Gasteiger partial charge >= 0.3 is 42.4 Å². The van der Waals surface area contributed by atoms with Gasteiger partial charge in [0.15, 0.2) is 0 Å². The van der Waals surface area contributed by atoms with Gasteiger partial charge < -0.3 is 24.8 Å². The summed E-state index contributed by atoms with van der Waals surface area (Å²) in [5, 5.41) is 21.4. The van der Waals surface area contributed by atoms with Crippen molar-refractivity contribution in [2.24, 2.45) is 11.3 Å². The molecule has 0 aliphatic carbocycles. The van der Waals surface area contributed by atoms with E-state index in [2.05, 4.69) is 39.0 Å². The molecule has 2 aromatic rings. The normalized spacial score (nSPS) is 19.0. The van der Waals surface area contributed by atoms with Gasteiger partial charge in [-0.1, -0.05) is 18.2 Å². The molecule has 3 heterocycles. The lowest BCUT2D eigenvalue weighted by atomic mass is 9.75. The lowest BCUT2D eigenvalue weighted by Crippen LogP contribution is -2.42. The van der Waals surface area contributed by atoms with Gasteiger partial charge in [-0.25, -0.2) is 14.4 Å². The van der Waals surface area contributed by atoms with Crippen LogP contribution in [0.25, 0.3) is 0 Å². The Balaban J connectivity index is 0.000000545. The first kappa shape index (κ1) is 46.4. The molecule has 2 atom stereocenters. The van der Waals surface area contributed by atoms with Crippen molar-refractivity contribution in [1.29, 1.82) is 0 Å². The van der Waals surface area contributed by atoms with Crippen molar-refractivity contribution in [3.05, 3.63) is 59.4 Å².